The highest BCUT2D eigenvalue weighted by atomic mass is 32.2. The summed E-state index contributed by atoms with van der Waals surface area (Å²) in [5.74, 6) is 0. The molecule has 0 amide bonds. The summed E-state index contributed by atoms with van der Waals surface area (Å²) >= 11 is 0. The topological polar surface area (TPSA) is 95.4 Å². The fourth-order valence-corrected chi connectivity index (χ4v) is 3.61. The fraction of sp³-hybridized carbons (Fsp3) is 0.417. The van der Waals surface area contributed by atoms with Gasteiger partial charge in [0.15, 0.2) is 5.58 Å². The van der Waals surface area contributed by atoms with Crippen LogP contribution in [0, 0.1) is 0 Å². The van der Waals surface area contributed by atoms with Crippen molar-refractivity contribution in [2.24, 2.45) is 0 Å². The summed E-state index contributed by atoms with van der Waals surface area (Å²) in [6.07, 6.45) is 1.31. The summed E-state index contributed by atoms with van der Waals surface area (Å²) in [4.78, 5) is 4.03. The average molecular weight is 282 g/mol. The van der Waals surface area contributed by atoms with Gasteiger partial charge in [0.25, 0.3) is 0 Å². The molecule has 1 aliphatic rings. The SMILES string of the molecule is Nc1ccc2oc(S(=O)(=O)C3CCCOC3)nc2c1. The summed E-state index contributed by atoms with van der Waals surface area (Å²) in [6.45, 7) is 0.805. The van der Waals surface area contributed by atoms with Crippen molar-refractivity contribution in [2.75, 3.05) is 18.9 Å². The lowest BCUT2D eigenvalue weighted by atomic mass is 10.2. The van der Waals surface area contributed by atoms with Gasteiger partial charge in [0, 0.05) is 12.3 Å². The Balaban J connectivity index is 2.02. The zero-order valence-corrected chi connectivity index (χ0v) is 11.0. The molecule has 0 bridgehead atoms. The van der Waals surface area contributed by atoms with Gasteiger partial charge in [-0.2, -0.15) is 4.98 Å². The number of anilines is 1. The highest BCUT2D eigenvalue weighted by molar-refractivity contribution is 7.91. The number of sulfone groups is 1. The van der Waals surface area contributed by atoms with E-state index in [0.717, 1.165) is 6.42 Å². The van der Waals surface area contributed by atoms with Crippen LogP contribution in [0.4, 0.5) is 5.69 Å². The highest BCUT2D eigenvalue weighted by Crippen LogP contribution is 2.26. The molecule has 1 saturated heterocycles. The molecular weight excluding hydrogens is 268 g/mol. The van der Waals surface area contributed by atoms with Crippen molar-refractivity contribution in [3.8, 4) is 0 Å². The van der Waals surface area contributed by atoms with Gasteiger partial charge >= 0.3 is 5.22 Å². The maximum atomic E-state index is 12.4. The van der Waals surface area contributed by atoms with Crippen molar-refractivity contribution in [2.45, 2.75) is 23.3 Å². The van der Waals surface area contributed by atoms with Crippen LogP contribution in [0.15, 0.2) is 27.8 Å². The lowest BCUT2D eigenvalue weighted by Crippen LogP contribution is -2.31. The normalized spacial score (nSPS) is 20.7. The number of nitrogens with zero attached hydrogens (tertiary/aromatic N) is 1. The molecule has 102 valence electrons. The molecule has 2 heterocycles. The second-order valence-corrected chi connectivity index (χ2v) is 6.70. The molecule has 7 heteroatoms. The minimum Gasteiger partial charge on any atom is -0.428 e. The molecule has 6 nitrogen and oxygen atoms in total. The third kappa shape index (κ3) is 2.19. The van der Waals surface area contributed by atoms with Crippen LogP contribution in [-0.4, -0.2) is 31.9 Å². The Bertz CT molecular complexity index is 702. The summed E-state index contributed by atoms with van der Waals surface area (Å²) in [7, 11) is -3.58. The molecule has 0 spiro atoms. The Morgan fingerprint density at radius 1 is 1.37 bits per heavy atom. The van der Waals surface area contributed by atoms with Crippen LogP contribution in [0.25, 0.3) is 11.1 Å². The van der Waals surface area contributed by atoms with Gasteiger partial charge < -0.3 is 14.9 Å². The molecule has 1 unspecified atom stereocenters. The van der Waals surface area contributed by atoms with E-state index in [4.69, 9.17) is 14.9 Å². The Morgan fingerprint density at radius 2 is 2.21 bits per heavy atom. The number of nitrogens with two attached hydrogens (primary N) is 1. The van der Waals surface area contributed by atoms with E-state index >= 15 is 0 Å². The predicted molar refractivity (Wildman–Crippen MR) is 69.4 cm³/mol. The first kappa shape index (κ1) is 12.4. The van der Waals surface area contributed by atoms with Crippen LogP contribution in [0.2, 0.25) is 0 Å². The van der Waals surface area contributed by atoms with Gasteiger partial charge in [-0.05, 0) is 31.0 Å². The molecule has 1 aromatic heterocycles. The lowest BCUT2D eigenvalue weighted by Gasteiger charge is -2.20. The Hall–Kier alpha value is -1.60. The summed E-state index contributed by atoms with van der Waals surface area (Å²) in [5, 5.41) is -0.824. The molecule has 1 aliphatic heterocycles. The van der Waals surface area contributed by atoms with E-state index in [2.05, 4.69) is 4.98 Å². The number of fused-ring (bicyclic) bond motifs is 1. The van der Waals surface area contributed by atoms with E-state index < -0.39 is 15.1 Å². The Labute approximate surface area is 110 Å². The lowest BCUT2D eigenvalue weighted by molar-refractivity contribution is 0.0986. The van der Waals surface area contributed by atoms with Crippen LogP contribution in [0.5, 0.6) is 0 Å². The van der Waals surface area contributed by atoms with Crippen LogP contribution >= 0.6 is 0 Å². The number of ether oxygens (including phenoxy) is 1. The molecule has 19 heavy (non-hydrogen) atoms. The van der Waals surface area contributed by atoms with Gasteiger partial charge in [-0.1, -0.05) is 0 Å². The van der Waals surface area contributed by atoms with Gasteiger partial charge in [0.1, 0.15) is 5.52 Å². The van der Waals surface area contributed by atoms with E-state index in [9.17, 15) is 8.42 Å². The minimum atomic E-state index is -3.58. The number of aromatic nitrogens is 1. The van der Waals surface area contributed by atoms with Gasteiger partial charge in [-0.15, -0.1) is 0 Å². The molecule has 3 rings (SSSR count). The average Bonchev–Trinajstić information content (AvgIpc) is 2.83. The third-order valence-electron chi connectivity index (χ3n) is 3.19. The maximum Gasteiger partial charge on any atom is 0.316 e. The minimum absolute atomic E-state index is 0.198. The molecule has 0 saturated carbocycles. The van der Waals surface area contributed by atoms with Crippen LogP contribution < -0.4 is 5.73 Å². The van der Waals surface area contributed by atoms with Crippen molar-refractivity contribution in [3.05, 3.63) is 18.2 Å². The number of oxazole rings is 1. The van der Waals surface area contributed by atoms with Crippen molar-refractivity contribution in [3.63, 3.8) is 0 Å². The quantitative estimate of drug-likeness (QED) is 0.836. The predicted octanol–water partition coefficient (Wildman–Crippen LogP) is 1.36. The number of hydrogen-bond donors (Lipinski definition) is 1. The van der Waals surface area contributed by atoms with Crippen molar-refractivity contribution in [1.82, 2.24) is 4.98 Å². The maximum absolute atomic E-state index is 12.4. The molecule has 1 aromatic carbocycles. The molecule has 2 aromatic rings. The number of benzene rings is 1. The third-order valence-corrected chi connectivity index (χ3v) is 5.10. The van der Waals surface area contributed by atoms with E-state index in [0.29, 0.717) is 29.8 Å². The van der Waals surface area contributed by atoms with Crippen LogP contribution in [0.3, 0.4) is 0 Å². The Morgan fingerprint density at radius 3 is 2.95 bits per heavy atom. The van der Waals surface area contributed by atoms with Crippen molar-refractivity contribution in [1.29, 1.82) is 0 Å². The molecule has 0 aliphatic carbocycles. The van der Waals surface area contributed by atoms with Crippen LogP contribution in [0.1, 0.15) is 12.8 Å². The summed E-state index contributed by atoms with van der Waals surface area (Å²) in [6, 6.07) is 4.86. The van der Waals surface area contributed by atoms with E-state index in [1.165, 1.54) is 0 Å². The smallest absolute Gasteiger partial charge is 0.316 e. The Kier molecular flexibility index (Phi) is 2.94. The van der Waals surface area contributed by atoms with E-state index in [-0.39, 0.29) is 11.8 Å². The van der Waals surface area contributed by atoms with E-state index in [1.807, 2.05) is 0 Å². The number of rotatable bonds is 2. The van der Waals surface area contributed by atoms with Gasteiger partial charge in [-0.25, -0.2) is 8.42 Å². The second kappa shape index (κ2) is 4.50. The second-order valence-electron chi connectivity index (χ2n) is 4.59. The molecule has 2 N–H and O–H groups in total. The van der Waals surface area contributed by atoms with Gasteiger partial charge in [0.2, 0.25) is 9.84 Å². The zero-order chi connectivity index (χ0) is 13.5. The van der Waals surface area contributed by atoms with Gasteiger partial charge in [0.05, 0.1) is 11.9 Å². The molecule has 1 fully saturated rings. The fourth-order valence-electron chi connectivity index (χ4n) is 2.14. The first-order chi connectivity index (χ1) is 9.07. The molecule has 0 radical (unpaired) electrons. The van der Waals surface area contributed by atoms with Crippen molar-refractivity contribution >= 4 is 26.6 Å². The standard InChI is InChI=1S/C12H14N2O4S/c13-8-3-4-11-10(6-8)14-12(18-11)19(15,16)9-2-1-5-17-7-9/h3-4,6,9H,1-2,5,7,13H2. The zero-order valence-electron chi connectivity index (χ0n) is 10.2. The highest BCUT2D eigenvalue weighted by Gasteiger charge is 2.33. The van der Waals surface area contributed by atoms with Gasteiger partial charge in [-0.3, -0.25) is 0 Å². The molecule has 1 atom stereocenters. The van der Waals surface area contributed by atoms with Crippen LogP contribution in [-0.2, 0) is 14.6 Å². The number of hydrogen-bond acceptors (Lipinski definition) is 6. The number of nitrogen functional groups attached to an aromatic ring is 1. The van der Waals surface area contributed by atoms with E-state index in [1.54, 1.807) is 18.2 Å². The molecular formula is C12H14N2O4S. The first-order valence-electron chi connectivity index (χ1n) is 6.05. The summed E-state index contributed by atoms with van der Waals surface area (Å²) < 4.78 is 35.3. The summed E-state index contributed by atoms with van der Waals surface area (Å²) in [5.41, 5.74) is 7.03. The van der Waals surface area contributed by atoms with Crippen molar-refractivity contribution < 1.29 is 17.6 Å². The largest absolute Gasteiger partial charge is 0.428 e. The first-order valence-corrected chi connectivity index (χ1v) is 7.60. The monoisotopic (exact) mass is 282 g/mol.